The van der Waals surface area contributed by atoms with E-state index in [1.54, 1.807) is 18.0 Å². The number of amides is 1. The smallest absolute Gasteiger partial charge is 0.251 e. The third-order valence-electron chi connectivity index (χ3n) is 2.51. The summed E-state index contributed by atoms with van der Waals surface area (Å²) in [5, 5.41) is 10.7. The van der Waals surface area contributed by atoms with Crippen LogP contribution < -0.4 is 5.32 Å². The number of aromatic nitrogens is 2. The van der Waals surface area contributed by atoms with Gasteiger partial charge in [0.05, 0.1) is 11.7 Å². The van der Waals surface area contributed by atoms with Gasteiger partial charge in [0.1, 0.15) is 0 Å². The number of carbonyl (C=O) groups is 1. The molecule has 0 atom stereocenters. The van der Waals surface area contributed by atoms with Crippen LogP contribution in [0.25, 0.3) is 10.9 Å². The van der Waals surface area contributed by atoms with E-state index in [1.807, 2.05) is 18.2 Å². The van der Waals surface area contributed by atoms with E-state index < -0.39 is 0 Å². The molecule has 2 rings (SSSR count). The van der Waals surface area contributed by atoms with E-state index in [0.717, 1.165) is 29.6 Å². The molecule has 2 N–H and O–H groups in total. The molecule has 17 heavy (non-hydrogen) atoms. The predicted molar refractivity (Wildman–Crippen MR) is 71.4 cm³/mol. The lowest BCUT2D eigenvalue weighted by molar-refractivity contribution is 0.0954. The molecule has 0 saturated heterocycles. The minimum absolute atomic E-state index is 0.0254. The van der Waals surface area contributed by atoms with Crippen LogP contribution >= 0.6 is 11.8 Å². The lowest BCUT2D eigenvalue weighted by Gasteiger charge is -2.04. The summed E-state index contributed by atoms with van der Waals surface area (Å²) in [6, 6.07) is 5.55. The molecule has 0 saturated carbocycles. The van der Waals surface area contributed by atoms with Gasteiger partial charge in [-0.15, -0.1) is 0 Å². The summed E-state index contributed by atoms with van der Waals surface area (Å²) < 4.78 is 0. The van der Waals surface area contributed by atoms with Crippen LogP contribution in [-0.2, 0) is 0 Å². The quantitative estimate of drug-likeness (QED) is 0.797. The molecule has 1 amide bonds. The van der Waals surface area contributed by atoms with Crippen molar-refractivity contribution in [1.29, 1.82) is 0 Å². The average molecular weight is 249 g/mol. The van der Waals surface area contributed by atoms with Crippen molar-refractivity contribution in [3.63, 3.8) is 0 Å². The van der Waals surface area contributed by atoms with Gasteiger partial charge < -0.3 is 5.32 Å². The Morgan fingerprint density at radius 3 is 3.24 bits per heavy atom. The first-order valence-electron chi connectivity index (χ1n) is 5.51. The monoisotopic (exact) mass is 249 g/mol. The van der Waals surface area contributed by atoms with Crippen molar-refractivity contribution in [1.82, 2.24) is 15.5 Å². The van der Waals surface area contributed by atoms with E-state index in [2.05, 4.69) is 21.8 Å². The Kier molecular flexibility index (Phi) is 4.03. The second-order valence-corrected chi connectivity index (χ2v) is 4.76. The van der Waals surface area contributed by atoms with Gasteiger partial charge in [0, 0.05) is 17.5 Å². The number of carbonyl (C=O) groups excluding carboxylic acids is 1. The third kappa shape index (κ3) is 3.00. The van der Waals surface area contributed by atoms with Gasteiger partial charge >= 0.3 is 0 Å². The fourth-order valence-electron chi connectivity index (χ4n) is 1.60. The zero-order chi connectivity index (χ0) is 12.1. The van der Waals surface area contributed by atoms with Crippen molar-refractivity contribution in [2.24, 2.45) is 0 Å². The maximum atomic E-state index is 11.8. The Labute approximate surface area is 104 Å². The van der Waals surface area contributed by atoms with Gasteiger partial charge in [0.2, 0.25) is 0 Å². The van der Waals surface area contributed by atoms with Crippen LogP contribution in [0.2, 0.25) is 0 Å². The number of fused-ring (bicyclic) bond motifs is 1. The van der Waals surface area contributed by atoms with Crippen LogP contribution in [0.5, 0.6) is 0 Å². The topological polar surface area (TPSA) is 57.8 Å². The molecule has 0 spiro atoms. The van der Waals surface area contributed by atoms with Crippen LogP contribution in [0.15, 0.2) is 24.4 Å². The zero-order valence-electron chi connectivity index (χ0n) is 9.69. The zero-order valence-corrected chi connectivity index (χ0v) is 10.5. The van der Waals surface area contributed by atoms with E-state index in [9.17, 15) is 4.79 Å². The molecule has 0 bridgehead atoms. The number of aromatic amines is 1. The van der Waals surface area contributed by atoms with Gasteiger partial charge in [-0.2, -0.15) is 16.9 Å². The molecule has 1 aromatic heterocycles. The Morgan fingerprint density at radius 1 is 1.53 bits per heavy atom. The van der Waals surface area contributed by atoms with E-state index in [-0.39, 0.29) is 5.91 Å². The van der Waals surface area contributed by atoms with Crippen molar-refractivity contribution in [2.75, 3.05) is 18.6 Å². The first kappa shape index (κ1) is 12.0. The third-order valence-corrected chi connectivity index (χ3v) is 3.21. The van der Waals surface area contributed by atoms with Crippen molar-refractivity contribution < 1.29 is 4.79 Å². The molecule has 90 valence electrons. The van der Waals surface area contributed by atoms with Gasteiger partial charge in [-0.05, 0) is 30.6 Å². The van der Waals surface area contributed by atoms with Gasteiger partial charge in [0.15, 0.2) is 0 Å². The van der Waals surface area contributed by atoms with E-state index in [4.69, 9.17) is 0 Å². The fraction of sp³-hybridized carbons (Fsp3) is 0.333. The van der Waals surface area contributed by atoms with Crippen LogP contribution in [0, 0.1) is 0 Å². The number of H-pyrrole nitrogens is 1. The molecule has 0 unspecified atom stereocenters. The predicted octanol–water partition coefficient (Wildman–Crippen LogP) is 2.05. The molecule has 1 heterocycles. The van der Waals surface area contributed by atoms with E-state index in [0.29, 0.717) is 5.56 Å². The van der Waals surface area contributed by atoms with Crippen molar-refractivity contribution in [3.05, 3.63) is 30.0 Å². The Morgan fingerprint density at radius 2 is 2.41 bits per heavy atom. The fourth-order valence-corrected chi connectivity index (χ4v) is 2.03. The molecule has 0 radical (unpaired) electrons. The van der Waals surface area contributed by atoms with Crippen molar-refractivity contribution in [3.8, 4) is 0 Å². The van der Waals surface area contributed by atoms with Gasteiger partial charge in [-0.25, -0.2) is 0 Å². The molecule has 5 heteroatoms. The molecular weight excluding hydrogens is 234 g/mol. The van der Waals surface area contributed by atoms with Gasteiger partial charge in [-0.1, -0.05) is 6.07 Å². The van der Waals surface area contributed by atoms with Crippen molar-refractivity contribution in [2.45, 2.75) is 6.42 Å². The minimum Gasteiger partial charge on any atom is -0.352 e. The number of rotatable bonds is 5. The van der Waals surface area contributed by atoms with Crippen LogP contribution in [-0.4, -0.2) is 34.7 Å². The molecule has 0 aliphatic carbocycles. The summed E-state index contributed by atoms with van der Waals surface area (Å²) in [5.74, 6) is 1.04. The second-order valence-electron chi connectivity index (χ2n) is 3.77. The van der Waals surface area contributed by atoms with Gasteiger partial charge in [0.25, 0.3) is 5.91 Å². The minimum atomic E-state index is -0.0254. The van der Waals surface area contributed by atoms with Crippen LogP contribution in [0.1, 0.15) is 16.8 Å². The number of nitrogens with one attached hydrogen (secondary N) is 2. The first-order chi connectivity index (χ1) is 8.31. The molecule has 2 aromatic rings. The molecule has 0 fully saturated rings. The Balaban J connectivity index is 1.98. The SMILES string of the molecule is CSCCCNC(=O)c1ccc2cn[nH]c2c1. The van der Waals surface area contributed by atoms with Gasteiger partial charge in [-0.3, -0.25) is 9.89 Å². The van der Waals surface area contributed by atoms with Crippen LogP contribution in [0.4, 0.5) is 0 Å². The molecular formula is C12H15N3OS. The highest BCUT2D eigenvalue weighted by atomic mass is 32.2. The molecule has 4 nitrogen and oxygen atoms in total. The maximum absolute atomic E-state index is 11.8. The second kappa shape index (κ2) is 5.72. The lowest BCUT2D eigenvalue weighted by Crippen LogP contribution is -2.24. The summed E-state index contributed by atoms with van der Waals surface area (Å²) in [5.41, 5.74) is 1.56. The number of benzene rings is 1. The highest BCUT2D eigenvalue weighted by Gasteiger charge is 2.06. The number of hydrogen-bond acceptors (Lipinski definition) is 3. The Hall–Kier alpha value is -1.49. The van der Waals surface area contributed by atoms with Crippen LogP contribution in [0.3, 0.4) is 0 Å². The molecule has 0 aliphatic heterocycles. The largest absolute Gasteiger partial charge is 0.352 e. The standard InChI is InChI=1S/C12H15N3OS/c1-17-6-2-5-13-12(16)9-3-4-10-8-14-15-11(10)7-9/h3-4,7-8H,2,5-6H2,1H3,(H,13,16)(H,14,15). The van der Waals surface area contributed by atoms with E-state index in [1.165, 1.54) is 0 Å². The summed E-state index contributed by atoms with van der Waals surface area (Å²) >= 11 is 1.79. The number of nitrogens with zero attached hydrogens (tertiary/aromatic N) is 1. The summed E-state index contributed by atoms with van der Waals surface area (Å²) in [6.07, 6.45) is 4.81. The highest BCUT2D eigenvalue weighted by molar-refractivity contribution is 7.98. The maximum Gasteiger partial charge on any atom is 0.251 e. The normalized spacial score (nSPS) is 10.6. The van der Waals surface area contributed by atoms with Crippen molar-refractivity contribution >= 4 is 28.6 Å². The number of hydrogen-bond donors (Lipinski definition) is 2. The molecule has 1 aromatic carbocycles. The summed E-state index contributed by atoms with van der Waals surface area (Å²) in [6.45, 7) is 0.723. The molecule has 0 aliphatic rings. The number of thioether (sulfide) groups is 1. The summed E-state index contributed by atoms with van der Waals surface area (Å²) in [7, 11) is 0. The first-order valence-corrected chi connectivity index (χ1v) is 6.91. The highest BCUT2D eigenvalue weighted by Crippen LogP contribution is 2.12. The Bertz CT molecular complexity index is 509. The lowest BCUT2D eigenvalue weighted by atomic mass is 10.1. The summed E-state index contributed by atoms with van der Waals surface area (Å²) in [4.78, 5) is 11.8. The average Bonchev–Trinajstić information content (AvgIpc) is 2.81. The van der Waals surface area contributed by atoms with E-state index >= 15 is 0 Å².